The zero-order valence-electron chi connectivity index (χ0n) is 20.6. The van der Waals surface area contributed by atoms with Gasteiger partial charge in [0.05, 0.1) is 16.6 Å². The van der Waals surface area contributed by atoms with Crippen LogP contribution in [0.4, 0.5) is 5.95 Å². The number of nitrogens with two attached hydrogens (primary N) is 1. The molecule has 1 aliphatic rings. The van der Waals surface area contributed by atoms with E-state index in [1.165, 1.54) is 0 Å². The average Bonchev–Trinajstić information content (AvgIpc) is 3.41. The standard InChI is InChI=1S/C24H27BrN8O3S/c1-24(22(34)27-2)7-6-14(11-24)30-23-29-12-17-19(25)32-33(21(17)31-23)15-9-13-5-4-8-28-18(13)16(10-15)20(26)37(3,35)36/h4-5,8-10,12,14,20H,6-7,11,26H2,1-3H3,(H,27,34)(H,29,30,31)/t14-,20?,24-/m1/s1. The predicted octanol–water partition coefficient (Wildman–Crippen LogP) is 2.84. The van der Waals surface area contributed by atoms with Gasteiger partial charge in [0, 0.05) is 48.1 Å². The van der Waals surface area contributed by atoms with E-state index in [1.807, 2.05) is 19.1 Å². The number of hydrogen-bond donors (Lipinski definition) is 3. The van der Waals surface area contributed by atoms with E-state index in [9.17, 15) is 13.2 Å². The second-order valence-corrected chi connectivity index (χ2v) is 12.6. The Labute approximate surface area is 222 Å². The molecule has 3 aromatic heterocycles. The van der Waals surface area contributed by atoms with Gasteiger partial charge in [0.15, 0.2) is 15.5 Å². The van der Waals surface area contributed by atoms with Crippen molar-refractivity contribution in [1.82, 2.24) is 30.0 Å². The number of rotatable bonds is 6. The minimum atomic E-state index is -3.59. The van der Waals surface area contributed by atoms with Crippen molar-refractivity contribution < 1.29 is 13.2 Å². The third-order valence-corrected chi connectivity index (χ3v) is 8.72. The lowest BCUT2D eigenvalue weighted by Crippen LogP contribution is -2.35. The number of hydrogen-bond acceptors (Lipinski definition) is 9. The molecule has 4 aromatic rings. The molecule has 1 unspecified atom stereocenters. The van der Waals surface area contributed by atoms with Crippen molar-refractivity contribution in [2.75, 3.05) is 18.6 Å². The molecule has 11 nitrogen and oxygen atoms in total. The Morgan fingerprint density at radius 1 is 1.32 bits per heavy atom. The molecule has 1 saturated carbocycles. The van der Waals surface area contributed by atoms with Crippen LogP contribution in [0.15, 0.2) is 41.3 Å². The molecule has 5 rings (SSSR count). The van der Waals surface area contributed by atoms with E-state index < -0.39 is 20.6 Å². The van der Waals surface area contributed by atoms with Gasteiger partial charge in [0.2, 0.25) is 11.9 Å². The molecule has 1 aromatic carbocycles. The maximum absolute atomic E-state index is 12.3. The lowest BCUT2D eigenvalue weighted by atomic mass is 9.87. The van der Waals surface area contributed by atoms with Gasteiger partial charge in [0.1, 0.15) is 9.98 Å². The van der Waals surface area contributed by atoms with Crippen molar-refractivity contribution in [1.29, 1.82) is 0 Å². The molecule has 0 aliphatic heterocycles. The van der Waals surface area contributed by atoms with Crippen LogP contribution < -0.4 is 16.4 Å². The van der Waals surface area contributed by atoms with Gasteiger partial charge in [-0.3, -0.25) is 9.78 Å². The number of amides is 1. The molecule has 1 fully saturated rings. The van der Waals surface area contributed by atoms with Crippen LogP contribution in [-0.4, -0.2) is 58.4 Å². The average molecular weight is 588 g/mol. The van der Waals surface area contributed by atoms with Crippen molar-refractivity contribution in [3.63, 3.8) is 0 Å². The molecular formula is C24H27BrN8O3S. The van der Waals surface area contributed by atoms with Crippen molar-refractivity contribution >= 4 is 59.6 Å². The lowest BCUT2D eigenvalue weighted by Gasteiger charge is -2.22. The van der Waals surface area contributed by atoms with Crippen LogP contribution in [0.3, 0.4) is 0 Å². The summed E-state index contributed by atoms with van der Waals surface area (Å²) in [6.07, 6.45) is 6.63. The molecule has 4 N–H and O–H groups in total. The van der Waals surface area contributed by atoms with Gasteiger partial charge in [-0.15, -0.1) is 0 Å². The highest BCUT2D eigenvalue weighted by Gasteiger charge is 2.41. The Bertz CT molecular complexity index is 1640. The smallest absolute Gasteiger partial charge is 0.225 e. The Morgan fingerprint density at radius 3 is 2.84 bits per heavy atom. The highest BCUT2D eigenvalue weighted by atomic mass is 79.9. The lowest BCUT2D eigenvalue weighted by molar-refractivity contribution is -0.129. The van der Waals surface area contributed by atoms with Crippen LogP contribution >= 0.6 is 15.9 Å². The highest BCUT2D eigenvalue weighted by Crippen LogP contribution is 2.39. The summed E-state index contributed by atoms with van der Waals surface area (Å²) < 4.78 is 26.8. The number of aromatic nitrogens is 5. The number of carbonyl (C=O) groups is 1. The van der Waals surface area contributed by atoms with Gasteiger partial charge in [-0.2, -0.15) is 10.1 Å². The number of carbonyl (C=O) groups excluding carboxylic acids is 1. The van der Waals surface area contributed by atoms with Gasteiger partial charge >= 0.3 is 0 Å². The predicted molar refractivity (Wildman–Crippen MR) is 145 cm³/mol. The summed E-state index contributed by atoms with van der Waals surface area (Å²) in [6.45, 7) is 1.97. The molecule has 194 valence electrons. The van der Waals surface area contributed by atoms with E-state index in [2.05, 4.69) is 41.6 Å². The first kappa shape index (κ1) is 25.5. The topological polar surface area (TPSA) is 158 Å². The summed E-state index contributed by atoms with van der Waals surface area (Å²) in [5.74, 6) is 0.451. The van der Waals surface area contributed by atoms with Gasteiger partial charge < -0.3 is 16.4 Å². The summed E-state index contributed by atoms with van der Waals surface area (Å²) in [4.78, 5) is 25.9. The van der Waals surface area contributed by atoms with Crippen molar-refractivity contribution in [3.05, 3.63) is 46.8 Å². The SMILES string of the molecule is CNC(=O)[C@]1(C)CC[C@@H](Nc2ncc3c(Br)nn(-c4cc(C(N)S(C)(=O)=O)c5ncccc5c4)c3n2)C1. The third kappa shape index (κ3) is 4.66. The minimum Gasteiger partial charge on any atom is -0.359 e. The summed E-state index contributed by atoms with van der Waals surface area (Å²) in [5.41, 5.74) is 7.71. The second-order valence-electron chi connectivity index (χ2n) is 9.72. The van der Waals surface area contributed by atoms with E-state index in [0.717, 1.165) is 24.5 Å². The molecule has 1 amide bonds. The van der Waals surface area contributed by atoms with E-state index in [-0.39, 0.29) is 11.9 Å². The van der Waals surface area contributed by atoms with E-state index in [4.69, 9.17) is 10.7 Å². The summed E-state index contributed by atoms with van der Waals surface area (Å²) in [6, 6.07) is 7.21. The van der Waals surface area contributed by atoms with Crippen LogP contribution in [0.25, 0.3) is 27.6 Å². The molecule has 0 bridgehead atoms. The van der Waals surface area contributed by atoms with E-state index in [1.54, 1.807) is 36.3 Å². The fraction of sp³-hybridized carbons (Fsp3) is 0.375. The first-order chi connectivity index (χ1) is 17.5. The van der Waals surface area contributed by atoms with Crippen LogP contribution in [0.2, 0.25) is 0 Å². The quantitative estimate of drug-likeness (QED) is 0.309. The fourth-order valence-corrected chi connectivity index (χ4v) is 6.03. The summed E-state index contributed by atoms with van der Waals surface area (Å²) in [5, 5.41) is 10.9. The maximum atomic E-state index is 12.3. The number of halogens is 1. The van der Waals surface area contributed by atoms with E-state index >= 15 is 0 Å². The molecule has 3 atom stereocenters. The highest BCUT2D eigenvalue weighted by molar-refractivity contribution is 9.10. The summed E-state index contributed by atoms with van der Waals surface area (Å²) in [7, 11) is -1.93. The molecule has 3 heterocycles. The number of pyridine rings is 1. The maximum Gasteiger partial charge on any atom is 0.225 e. The molecule has 37 heavy (non-hydrogen) atoms. The zero-order chi connectivity index (χ0) is 26.5. The third-order valence-electron chi connectivity index (χ3n) is 6.96. The van der Waals surface area contributed by atoms with Crippen molar-refractivity contribution in [2.45, 2.75) is 37.6 Å². The van der Waals surface area contributed by atoms with Crippen LogP contribution in [0, 0.1) is 5.41 Å². The normalized spacial score (nSPS) is 20.8. The van der Waals surface area contributed by atoms with Crippen molar-refractivity contribution in [3.8, 4) is 5.69 Å². The monoisotopic (exact) mass is 586 g/mol. The molecule has 1 aliphatic carbocycles. The van der Waals surface area contributed by atoms with Crippen LogP contribution in [0.1, 0.15) is 37.1 Å². The molecule has 0 saturated heterocycles. The largest absolute Gasteiger partial charge is 0.359 e. The summed E-state index contributed by atoms with van der Waals surface area (Å²) >= 11 is 3.49. The van der Waals surface area contributed by atoms with Gasteiger partial charge in [0.25, 0.3) is 0 Å². The Hall–Kier alpha value is -3.16. The number of sulfone groups is 1. The molecule has 13 heteroatoms. The molecule has 0 radical (unpaired) electrons. The number of nitrogens with one attached hydrogen (secondary N) is 2. The second kappa shape index (κ2) is 9.30. The minimum absolute atomic E-state index is 0.0316. The van der Waals surface area contributed by atoms with Gasteiger partial charge in [-0.25, -0.2) is 18.1 Å². The number of benzene rings is 1. The first-order valence-electron chi connectivity index (χ1n) is 11.7. The first-order valence-corrected chi connectivity index (χ1v) is 14.5. The number of nitrogens with zero attached hydrogens (tertiary/aromatic N) is 5. The Morgan fingerprint density at radius 2 is 2.11 bits per heavy atom. The van der Waals surface area contributed by atoms with Crippen LogP contribution in [0.5, 0.6) is 0 Å². The molecular weight excluding hydrogens is 560 g/mol. The van der Waals surface area contributed by atoms with Gasteiger partial charge in [-0.05, 0) is 53.4 Å². The van der Waals surface area contributed by atoms with Crippen LogP contribution in [-0.2, 0) is 14.6 Å². The molecule has 0 spiro atoms. The fourth-order valence-electron chi connectivity index (χ4n) is 4.95. The van der Waals surface area contributed by atoms with Crippen molar-refractivity contribution in [2.24, 2.45) is 11.1 Å². The Balaban J connectivity index is 1.57. The van der Waals surface area contributed by atoms with E-state index in [0.29, 0.717) is 44.8 Å². The zero-order valence-corrected chi connectivity index (χ0v) is 23.0. The number of anilines is 1. The number of fused-ring (bicyclic) bond motifs is 2. The van der Waals surface area contributed by atoms with Gasteiger partial charge in [-0.1, -0.05) is 13.0 Å². The Kier molecular flexibility index (Phi) is 6.40.